The zero-order valence-corrected chi connectivity index (χ0v) is 31.1. The molecule has 6 aliphatic rings. The molecule has 0 amide bonds. The summed E-state index contributed by atoms with van der Waals surface area (Å²) in [7, 11) is 0. The molecule has 0 aromatic carbocycles. The first kappa shape index (κ1) is 36.7. The maximum Gasteiger partial charge on any atom is 0.335 e. The highest BCUT2D eigenvalue weighted by molar-refractivity contribution is 5.98. The average molecular weight is 685 g/mol. The molecule has 6 rings (SSSR count). The van der Waals surface area contributed by atoms with Crippen molar-refractivity contribution in [3.8, 4) is 0 Å². The van der Waals surface area contributed by atoms with Crippen LogP contribution in [0.3, 0.4) is 0 Å². The van der Waals surface area contributed by atoms with Crippen LogP contribution in [0.5, 0.6) is 0 Å². The number of hydrogen-bond acceptors (Lipinski definition) is 7. The number of aliphatic hydroxyl groups is 2. The summed E-state index contributed by atoms with van der Waals surface area (Å²) in [5.74, 6) is -2.60. The number of fused-ring (bicyclic) bond motifs is 7. The summed E-state index contributed by atoms with van der Waals surface area (Å²) in [6, 6.07) is 0. The van der Waals surface area contributed by atoms with Crippen molar-refractivity contribution in [2.45, 2.75) is 151 Å². The SMILES string of the molecule is C=C[C@]1(C)[C@@H](O[C@@H]2O[C@H](C(=O)O)[C@@H](O)[C@H](O)[C@H]2C)CC[C@@]2(C)[C@@]1(C)CC[C@]1(C)[C@]2(C)C(=O)C=C2[C@@H]3C[C@@](C)(C(=O)O)CC[C@]3(C)CC[C@]21C. The lowest BCUT2D eigenvalue weighted by atomic mass is 9.25. The molecule has 5 fully saturated rings. The summed E-state index contributed by atoms with van der Waals surface area (Å²) in [5, 5.41) is 41.1. The first-order chi connectivity index (χ1) is 22.5. The van der Waals surface area contributed by atoms with Crippen LogP contribution in [0.4, 0.5) is 0 Å². The molecule has 1 heterocycles. The topological polar surface area (TPSA) is 151 Å². The Morgan fingerprint density at radius 1 is 0.878 bits per heavy atom. The van der Waals surface area contributed by atoms with Crippen molar-refractivity contribution < 1.29 is 44.3 Å². The number of carboxylic acids is 2. The van der Waals surface area contributed by atoms with Gasteiger partial charge < -0.3 is 29.9 Å². The normalized spacial score (nSPS) is 55.5. The third-order valence-electron chi connectivity index (χ3n) is 17.7. The largest absolute Gasteiger partial charge is 0.481 e. The van der Waals surface area contributed by atoms with E-state index in [0.29, 0.717) is 25.7 Å². The van der Waals surface area contributed by atoms with Gasteiger partial charge in [-0.3, -0.25) is 9.59 Å². The highest BCUT2D eigenvalue weighted by Gasteiger charge is 2.79. The van der Waals surface area contributed by atoms with E-state index < -0.39 is 75.6 Å². The Balaban J connectivity index is 1.40. The Bertz CT molecular complexity index is 1490. The quantitative estimate of drug-likeness (QED) is 0.187. The van der Waals surface area contributed by atoms with Crippen LogP contribution >= 0.6 is 0 Å². The maximum atomic E-state index is 15.2. The minimum absolute atomic E-state index is 0.0316. The van der Waals surface area contributed by atoms with Gasteiger partial charge in [0.1, 0.15) is 6.10 Å². The van der Waals surface area contributed by atoms with Gasteiger partial charge in [0.05, 0.1) is 17.6 Å². The Morgan fingerprint density at radius 2 is 1.49 bits per heavy atom. The summed E-state index contributed by atoms with van der Waals surface area (Å²) in [6.45, 7) is 23.8. The third kappa shape index (κ3) is 4.28. The molecule has 9 nitrogen and oxygen atoms in total. The van der Waals surface area contributed by atoms with E-state index in [0.717, 1.165) is 32.1 Å². The number of carbonyl (C=O) groups excluding carboxylic acids is 1. The van der Waals surface area contributed by atoms with E-state index in [1.807, 2.05) is 19.1 Å². The van der Waals surface area contributed by atoms with Gasteiger partial charge in [-0.15, -0.1) is 6.58 Å². The lowest BCUT2D eigenvalue weighted by Crippen LogP contribution is -2.75. The van der Waals surface area contributed by atoms with Crippen LogP contribution < -0.4 is 0 Å². The summed E-state index contributed by atoms with van der Waals surface area (Å²) < 4.78 is 12.5. The maximum absolute atomic E-state index is 15.2. The predicted octanol–water partition coefficient (Wildman–Crippen LogP) is 6.55. The Labute approximate surface area is 291 Å². The molecule has 0 aromatic heterocycles. The van der Waals surface area contributed by atoms with Crippen molar-refractivity contribution >= 4 is 17.7 Å². The van der Waals surface area contributed by atoms with Gasteiger partial charge in [0.2, 0.25) is 0 Å². The van der Waals surface area contributed by atoms with Gasteiger partial charge in [-0.05, 0) is 104 Å². The number of hydrogen-bond donors (Lipinski definition) is 4. The highest BCUT2D eigenvalue weighted by atomic mass is 16.7. The molecule has 5 aliphatic carbocycles. The fourth-order valence-electron chi connectivity index (χ4n) is 12.8. The summed E-state index contributed by atoms with van der Waals surface area (Å²) in [5.41, 5.74) is -2.70. The number of ketones is 1. The van der Waals surface area contributed by atoms with Crippen LogP contribution in [0.2, 0.25) is 0 Å². The van der Waals surface area contributed by atoms with E-state index in [1.165, 1.54) is 5.57 Å². The van der Waals surface area contributed by atoms with Crippen LogP contribution in [0.1, 0.15) is 120 Å². The Hall–Kier alpha value is -2.07. The van der Waals surface area contributed by atoms with E-state index in [1.54, 1.807) is 6.92 Å². The molecule has 1 aliphatic heterocycles. The fraction of sp³-hybridized carbons (Fsp3) is 0.825. The van der Waals surface area contributed by atoms with Crippen LogP contribution in [-0.4, -0.2) is 68.9 Å². The number of aliphatic carboxylic acids is 2. The Kier molecular flexibility index (Phi) is 8.22. The van der Waals surface area contributed by atoms with Crippen molar-refractivity contribution in [3.63, 3.8) is 0 Å². The number of carboxylic acid groups (broad SMARTS) is 2. The number of ether oxygens (including phenoxy) is 2. The van der Waals surface area contributed by atoms with Crippen molar-refractivity contribution in [1.82, 2.24) is 0 Å². The van der Waals surface area contributed by atoms with Gasteiger partial charge in [0.15, 0.2) is 18.2 Å². The van der Waals surface area contributed by atoms with E-state index in [-0.39, 0.29) is 27.9 Å². The zero-order valence-electron chi connectivity index (χ0n) is 31.1. The highest BCUT2D eigenvalue weighted by Crippen LogP contribution is 2.82. The molecule has 0 bridgehead atoms. The lowest BCUT2D eigenvalue weighted by molar-refractivity contribution is -0.324. The second-order valence-corrected chi connectivity index (χ2v) is 18.9. The van der Waals surface area contributed by atoms with Gasteiger partial charge in [-0.2, -0.15) is 0 Å². The van der Waals surface area contributed by atoms with Gasteiger partial charge in [-0.1, -0.05) is 67.0 Å². The molecular weight excluding hydrogens is 624 g/mol. The summed E-state index contributed by atoms with van der Waals surface area (Å²) in [6.07, 6.45) is 4.81. The fourth-order valence-corrected chi connectivity index (χ4v) is 12.8. The summed E-state index contributed by atoms with van der Waals surface area (Å²) in [4.78, 5) is 39.6. The predicted molar refractivity (Wildman–Crippen MR) is 183 cm³/mol. The zero-order chi connectivity index (χ0) is 36.5. The van der Waals surface area contributed by atoms with Crippen molar-refractivity contribution in [2.75, 3.05) is 0 Å². The van der Waals surface area contributed by atoms with Crippen LogP contribution in [0.25, 0.3) is 0 Å². The van der Waals surface area contributed by atoms with Crippen molar-refractivity contribution in [2.24, 2.45) is 55.2 Å². The van der Waals surface area contributed by atoms with E-state index >= 15 is 4.79 Å². The lowest BCUT2D eigenvalue weighted by Gasteiger charge is -2.77. The summed E-state index contributed by atoms with van der Waals surface area (Å²) >= 11 is 0. The van der Waals surface area contributed by atoms with E-state index in [2.05, 4.69) is 55.0 Å². The molecule has 15 atom stereocenters. The minimum Gasteiger partial charge on any atom is -0.481 e. The molecule has 0 aromatic rings. The van der Waals surface area contributed by atoms with Crippen molar-refractivity contribution in [3.05, 3.63) is 24.3 Å². The molecular formula is C40H60O9. The minimum atomic E-state index is -1.61. The molecule has 1 saturated heterocycles. The number of carbonyl (C=O) groups is 3. The van der Waals surface area contributed by atoms with Crippen molar-refractivity contribution in [1.29, 1.82) is 0 Å². The molecule has 0 unspecified atom stereocenters. The molecule has 4 saturated carbocycles. The first-order valence-electron chi connectivity index (χ1n) is 18.5. The van der Waals surface area contributed by atoms with Gasteiger partial charge in [-0.25, -0.2) is 4.79 Å². The molecule has 0 spiro atoms. The van der Waals surface area contributed by atoms with Crippen LogP contribution in [0.15, 0.2) is 24.3 Å². The number of allylic oxidation sites excluding steroid dienone is 2. The van der Waals surface area contributed by atoms with Crippen LogP contribution in [0, 0.1) is 55.2 Å². The molecule has 9 heteroatoms. The molecule has 49 heavy (non-hydrogen) atoms. The molecule has 274 valence electrons. The Morgan fingerprint density at radius 3 is 2.08 bits per heavy atom. The average Bonchev–Trinajstić information content (AvgIpc) is 3.04. The number of aliphatic hydroxyl groups excluding tert-OH is 2. The molecule has 4 N–H and O–H groups in total. The van der Waals surface area contributed by atoms with Gasteiger partial charge in [0.25, 0.3) is 0 Å². The first-order valence-corrected chi connectivity index (χ1v) is 18.5. The van der Waals surface area contributed by atoms with Crippen LogP contribution in [-0.2, 0) is 23.9 Å². The van der Waals surface area contributed by atoms with E-state index in [9.17, 15) is 30.0 Å². The third-order valence-corrected chi connectivity index (χ3v) is 17.7. The second kappa shape index (κ2) is 11.0. The van der Waals surface area contributed by atoms with Gasteiger partial charge >= 0.3 is 11.9 Å². The smallest absolute Gasteiger partial charge is 0.335 e. The monoisotopic (exact) mass is 684 g/mol. The number of rotatable bonds is 5. The standard InChI is InChI=1S/C40H60O9/c1-11-35(5)26(48-31-22(2)27(42)28(43)29(49-31)30(44)45)12-13-39(9)37(35,7)18-19-38(8)36(6)17-16-33(3)14-15-34(4,32(46)47)21-24(33)23(36)20-25(41)40(38,39)10/h11,20,22,24,26-29,31,42-43H,1,12-19,21H2,2-10H3,(H,44,45)(H,46,47)/t22-,24+,26+,27-,28+,29+,31-,33-,34+,35-,36-,37+,38+,39+,40+/m1/s1. The van der Waals surface area contributed by atoms with Gasteiger partial charge in [0, 0.05) is 16.7 Å². The van der Waals surface area contributed by atoms with E-state index in [4.69, 9.17) is 9.47 Å². The molecule has 0 radical (unpaired) electrons. The second-order valence-electron chi connectivity index (χ2n) is 18.9.